The van der Waals surface area contributed by atoms with E-state index in [-0.39, 0.29) is 23.8 Å². The highest BCUT2D eigenvalue weighted by Gasteiger charge is 2.54. The van der Waals surface area contributed by atoms with Crippen LogP contribution in [0.3, 0.4) is 0 Å². The minimum atomic E-state index is -1.54. The van der Waals surface area contributed by atoms with Gasteiger partial charge in [0.15, 0.2) is 11.6 Å². The summed E-state index contributed by atoms with van der Waals surface area (Å²) in [5.41, 5.74) is 0.136. The maximum atomic E-state index is 14.8. The van der Waals surface area contributed by atoms with E-state index in [1.165, 1.54) is 0 Å². The second-order valence-electron chi connectivity index (χ2n) is 6.60. The van der Waals surface area contributed by atoms with Crippen LogP contribution in [0.25, 0.3) is 0 Å². The van der Waals surface area contributed by atoms with Gasteiger partial charge in [-0.3, -0.25) is 4.21 Å². The van der Waals surface area contributed by atoms with Gasteiger partial charge < -0.3 is 4.74 Å². The molecule has 2 aliphatic rings. The molecule has 6 heteroatoms. The molecule has 1 aliphatic heterocycles. The van der Waals surface area contributed by atoms with Crippen molar-refractivity contribution < 1.29 is 17.7 Å². The van der Waals surface area contributed by atoms with Crippen LogP contribution >= 0.6 is 11.6 Å². The summed E-state index contributed by atoms with van der Waals surface area (Å²) in [4.78, 5) is 0.577. The molecule has 1 fully saturated rings. The average molecular weight is 383 g/mol. The molecule has 25 heavy (non-hydrogen) atoms. The van der Waals surface area contributed by atoms with Gasteiger partial charge in [-0.1, -0.05) is 24.4 Å². The fraction of sp³-hybridized carbons (Fsp3) is 0.368. The lowest BCUT2D eigenvalue weighted by Gasteiger charge is -2.47. The zero-order valence-corrected chi connectivity index (χ0v) is 15.0. The highest BCUT2D eigenvalue weighted by atomic mass is 35.5. The zero-order chi connectivity index (χ0) is 17.6. The van der Waals surface area contributed by atoms with Crippen LogP contribution < -0.4 is 4.74 Å². The van der Waals surface area contributed by atoms with E-state index in [4.69, 9.17) is 16.3 Å². The topological polar surface area (TPSA) is 26.3 Å². The van der Waals surface area contributed by atoms with E-state index in [0.717, 1.165) is 31.4 Å². The van der Waals surface area contributed by atoms with Gasteiger partial charge in [0.05, 0.1) is 27.7 Å². The summed E-state index contributed by atoms with van der Waals surface area (Å²) in [5.74, 6) is -1.35. The fourth-order valence-electron chi connectivity index (χ4n) is 4.12. The monoisotopic (exact) mass is 382 g/mol. The molecular weight excluding hydrogens is 366 g/mol. The van der Waals surface area contributed by atoms with Gasteiger partial charge in [0.1, 0.15) is 5.82 Å². The van der Waals surface area contributed by atoms with Crippen molar-refractivity contribution >= 4 is 22.4 Å². The van der Waals surface area contributed by atoms with Crippen molar-refractivity contribution in [1.29, 1.82) is 0 Å². The Balaban J connectivity index is 1.94. The van der Waals surface area contributed by atoms with Crippen LogP contribution in [-0.2, 0) is 15.5 Å². The first-order valence-corrected chi connectivity index (χ1v) is 9.85. The molecule has 0 amide bonds. The molecule has 132 valence electrons. The highest BCUT2D eigenvalue weighted by Crippen LogP contribution is 2.54. The summed E-state index contributed by atoms with van der Waals surface area (Å²) in [6.07, 6.45) is 3.13. The second kappa shape index (κ2) is 6.36. The van der Waals surface area contributed by atoms with Gasteiger partial charge in [0.25, 0.3) is 0 Å². The molecule has 2 aromatic rings. The molecule has 1 aliphatic carbocycles. The summed E-state index contributed by atoms with van der Waals surface area (Å²) in [5, 5.41) is 0.544. The Kier molecular flexibility index (Phi) is 4.32. The van der Waals surface area contributed by atoms with Crippen molar-refractivity contribution in [2.45, 2.75) is 35.3 Å². The van der Waals surface area contributed by atoms with Gasteiger partial charge in [-0.2, -0.15) is 0 Å². The largest absolute Gasteiger partial charge is 0.490 e. The molecule has 1 heterocycles. The normalized spacial score (nSPS) is 26.3. The number of hydrogen-bond acceptors (Lipinski definition) is 2. The number of fused-ring (bicyclic) bond motifs is 3. The van der Waals surface area contributed by atoms with Gasteiger partial charge in [-0.15, -0.1) is 0 Å². The maximum Gasteiger partial charge on any atom is 0.165 e. The van der Waals surface area contributed by atoms with E-state index in [1.54, 1.807) is 24.3 Å². The number of halogens is 3. The van der Waals surface area contributed by atoms with Gasteiger partial charge >= 0.3 is 0 Å². The third-order valence-electron chi connectivity index (χ3n) is 5.28. The molecule has 1 saturated carbocycles. The summed E-state index contributed by atoms with van der Waals surface area (Å²) >= 11 is 5.94. The lowest BCUT2D eigenvalue weighted by molar-refractivity contribution is 0.127. The smallest absolute Gasteiger partial charge is 0.165 e. The van der Waals surface area contributed by atoms with Crippen LogP contribution in [0.2, 0.25) is 5.02 Å². The maximum absolute atomic E-state index is 14.8. The first-order valence-electron chi connectivity index (χ1n) is 8.33. The molecule has 2 nitrogen and oxygen atoms in total. The van der Waals surface area contributed by atoms with Crippen molar-refractivity contribution in [3.05, 3.63) is 58.6 Å². The molecule has 0 saturated heterocycles. The first-order chi connectivity index (χ1) is 12.0. The van der Waals surface area contributed by atoms with Crippen LogP contribution in [0.5, 0.6) is 5.75 Å². The quantitative estimate of drug-likeness (QED) is 0.713. The first kappa shape index (κ1) is 17.0. The van der Waals surface area contributed by atoms with E-state index in [1.807, 2.05) is 0 Å². The summed E-state index contributed by atoms with van der Waals surface area (Å²) < 4.78 is 47.3. The highest BCUT2D eigenvalue weighted by molar-refractivity contribution is 7.86. The van der Waals surface area contributed by atoms with E-state index in [9.17, 15) is 13.0 Å². The number of hydrogen-bond donors (Lipinski definition) is 0. The van der Waals surface area contributed by atoms with E-state index < -0.39 is 27.2 Å². The Morgan fingerprint density at radius 3 is 2.56 bits per heavy atom. The Morgan fingerprint density at radius 2 is 1.80 bits per heavy atom. The number of rotatable bonds is 2. The molecule has 0 aromatic heterocycles. The summed E-state index contributed by atoms with van der Waals surface area (Å²) in [6, 6.07) is 8.92. The Bertz CT molecular complexity index is 840. The fourth-order valence-corrected chi connectivity index (χ4v) is 6.24. The Hall–Kier alpha value is -1.46. The van der Waals surface area contributed by atoms with Crippen molar-refractivity contribution in [2.24, 2.45) is 5.92 Å². The molecule has 2 unspecified atom stereocenters. The second-order valence-corrected chi connectivity index (χ2v) is 8.77. The predicted octanol–water partition coefficient (Wildman–Crippen LogP) is 5.20. The Labute approximate surface area is 152 Å². The molecule has 4 rings (SSSR count). The standard InChI is InChI=1S/C19H17ClF2O2S/c20-13-4-6-14(7-5-13)25(23)19-10-2-1-3-12(19)11-24-18-16(22)9-8-15(21)17(18)19/h4-9,12H,1-3,10-11H2/t12?,19-,25?/m0/s1. The SMILES string of the molecule is O=S(c1ccc(Cl)cc1)[C@@]12CCCCC1COc1c(F)ccc(F)c12. The minimum absolute atomic E-state index is 0.0829. The molecule has 0 N–H and O–H groups in total. The molecule has 3 atom stereocenters. The van der Waals surface area contributed by atoms with Gasteiger partial charge in [-0.05, 0) is 49.2 Å². The zero-order valence-electron chi connectivity index (χ0n) is 13.4. The third kappa shape index (κ3) is 2.59. The van der Waals surface area contributed by atoms with Gasteiger partial charge in [0, 0.05) is 15.8 Å². The van der Waals surface area contributed by atoms with Gasteiger partial charge in [-0.25, -0.2) is 8.78 Å². The van der Waals surface area contributed by atoms with E-state index >= 15 is 0 Å². The summed E-state index contributed by atoms with van der Waals surface area (Å²) in [7, 11) is -1.54. The van der Waals surface area contributed by atoms with Crippen LogP contribution in [0.4, 0.5) is 8.78 Å². The van der Waals surface area contributed by atoms with Crippen LogP contribution in [-0.4, -0.2) is 10.8 Å². The van der Waals surface area contributed by atoms with E-state index in [2.05, 4.69) is 0 Å². The average Bonchev–Trinajstić information content (AvgIpc) is 2.64. The number of benzene rings is 2. The molecule has 2 aromatic carbocycles. The molecular formula is C19H17ClF2O2S. The third-order valence-corrected chi connectivity index (χ3v) is 7.64. The van der Waals surface area contributed by atoms with Crippen molar-refractivity contribution in [1.82, 2.24) is 0 Å². The minimum Gasteiger partial charge on any atom is -0.490 e. The van der Waals surface area contributed by atoms with Crippen molar-refractivity contribution in [3.8, 4) is 5.75 Å². The van der Waals surface area contributed by atoms with E-state index in [0.29, 0.717) is 16.3 Å². The van der Waals surface area contributed by atoms with Crippen LogP contribution in [0, 0.1) is 17.6 Å². The van der Waals surface area contributed by atoms with Gasteiger partial charge in [0.2, 0.25) is 0 Å². The van der Waals surface area contributed by atoms with Crippen molar-refractivity contribution in [2.75, 3.05) is 6.61 Å². The number of ether oxygens (including phenoxy) is 1. The molecule has 0 bridgehead atoms. The molecule has 0 spiro atoms. The molecule has 0 radical (unpaired) electrons. The predicted molar refractivity (Wildman–Crippen MR) is 93.3 cm³/mol. The summed E-state index contributed by atoms with van der Waals surface area (Å²) in [6.45, 7) is 0.257. The van der Waals surface area contributed by atoms with Crippen LogP contribution in [0.15, 0.2) is 41.3 Å². The Morgan fingerprint density at radius 1 is 1.08 bits per heavy atom. The van der Waals surface area contributed by atoms with Crippen molar-refractivity contribution in [3.63, 3.8) is 0 Å². The lowest BCUT2D eigenvalue weighted by Crippen LogP contribution is -2.48. The lowest BCUT2D eigenvalue weighted by atomic mass is 9.73. The van der Waals surface area contributed by atoms with Crippen LogP contribution in [0.1, 0.15) is 31.2 Å².